The van der Waals surface area contributed by atoms with Crippen LogP contribution in [-0.4, -0.2) is 25.2 Å². The fourth-order valence-corrected chi connectivity index (χ4v) is 1.34. The molecule has 6 heteroatoms. The molecule has 6 nitrogen and oxygen atoms in total. The molecule has 0 saturated heterocycles. The van der Waals surface area contributed by atoms with E-state index in [0.717, 1.165) is 5.69 Å². The molecule has 2 rings (SSSR count). The molecule has 0 bridgehead atoms. The molecule has 0 atom stereocenters. The number of rotatable bonds is 3. The lowest BCUT2D eigenvalue weighted by Crippen LogP contribution is -2.35. The van der Waals surface area contributed by atoms with E-state index >= 15 is 0 Å². The molecular formula is C11H17N5O. The van der Waals surface area contributed by atoms with E-state index in [1.165, 1.54) is 0 Å². The van der Waals surface area contributed by atoms with E-state index in [1.54, 1.807) is 12.5 Å². The van der Waals surface area contributed by atoms with Crippen molar-refractivity contribution in [2.24, 2.45) is 7.05 Å². The van der Waals surface area contributed by atoms with Gasteiger partial charge in [0.25, 0.3) is 0 Å². The maximum absolute atomic E-state index is 5.17. The Kier molecular flexibility index (Phi) is 2.97. The van der Waals surface area contributed by atoms with E-state index in [2.05, 4.69) is 41.2 Å². The van der Waals surface area contributed by atoms with Crippen LogP contribution in [0.3, 0.4) is 0 Å². The molecule has 1 N–H and O–H groups in total. The average Bonchev–Trinajstić information content (AvgIpc) is 2.81. The zero-order valence-electron chi connectivity index (χ0n) is 10.6. The predicted molar refractivity (Wildman–Crippen MR) is 63.1 cm³/mol. The number of imidazole rings is 1. The summed E-state index contributed by atoms with van der Waals surface area (Å²) < 4.78 is 7.03. The van der Waals surface area contributed by atoms with Gasteiger partial charge >= 0.3 is 0 Å². The minimum Gasteiger partial charge on any atom is -0.337 e. The molecule has 0 fully saturated rings. The van der Waals surface area contributed by atoms with Crippen molar-refractivity contribution in [1.82, 2.24) is 25.0 Å². The Balaban J connectivity index is 2.09. The molecule has 17 heavy (non-hydrogen) atoms. The van der Waals surface area contributed by atoms with Crippen molar-refractivity contribution in [2.45, 2.75) is 32.9 Å². The predicted octanol–water partition coefficient (Wildman–Crippen LogP) is 1.36. The molecule has 2 heterocycles. The molecule has 0 aromatic carbocycles. The number of aromatic nitrogens is 4. The summed E-state index contributed by atoms with van der Waals surface area (Å²) in [5, 5.41) is 7.23. The summed E-state index contributed by atoms with van der Waals surface area (Å²) in [7, 11) is 1.89. The Bertz CT molecular complexity index is 494. The zero-order valence-corrected chi connectivity index (χ0v) is 10.6. The SMILES string of the molecule is Cn1cncc1-c1noc(CNC(C)(C)C)n1. The molecule has 0 aliphatic carbocycles. The third-order valence-corrected chi connectivity index (χ3v) is 2.28. The normalized spacial score (nSPS) is 12.0. The average molecular weight is 235 g/mol. The van der Waals surface area contributed by atoms with Gasteiger partial charge in [-0.05, 0) is 20.8 Å². The first kappa shape index (κ1) is 11.8. The molecule has 0 amide bonds. The van der Waals surface area contributed by atoms with Crippen LogP contribution in [0.25, 0.3) is 11.5 Å². The Hall–Kier alpha value is -1.69. The number of hydrogen-bond acceptors (Lipinski definition) is 5. The molecule has 0 radical (unpaired) electrons. The second-order valence-electron chi connectivity index (χ2n) is 5.01. The molecule has 2 aromatic heterocycles. The quantitative estimate of drug-likeness (QED) is 0.869. The van der Waals surface area contributed by atoms with Crippen LogP contribution < -0.4 is 5.32 Å². The zero-order chi connectivity index (χ0) is 12.5. The number of hydrogen-bond donors (Lipinski definition) is 1. The van der Waals surface area contributed by atoms with Gasteiger partial charge in [0.2, 0.25) is 11.7 Å². The summed E-state index contributed by atoms with van der Waals surface area (Å²) in [4.78, 5) is 8.33. The Morgan fingerprint density at radius 2 is 2.18 bits per heavy atom. The number of aryl methyl sites for hydroxylation is 1. The Labute approximate surface area is 100 Å². The fourth-order valence-electron chi connectivity index (χ4n) is 1.34. The smallest absolute Gasteiger partial charge is 0.240 e. The van der Waals surface area contributed by atoms with Crippen molar-refractivity contribution >= 4 is 0 Å². The highest BCUT2D eigenvalue weighted by Gasteiger charge is 2.14. The van der Waals surface area contributed by atoms with Crippen molar-refractivity contribution in [3.8, 4) is 11.5 Å². The van der Waals surface area contributed by atoms with E-state index in [0.29, 0.717) is 18.3 Å². The van der Waals surface area contributed by atoms with Gasteiger partial charge in [0, 0.05) is 12.6 Å². The van der Waals surface area contributed by atoms with Gasteiger partial charge in [0.15, 0.2) is 0 Å². The minimum atomic E-state index is 0.0289. The lowest BCUT2D eigenvalue weighted by molar-refractivity contribution is 0.336. The van der Waals surface area contributed by atoms with E-state index in [9.17, 15) is 0 Å². The summed E-state index contributed by atoms with van der Waals surface area (Å²) in [5.74, 6) is 1.15. The van der Waals surface area contributed by atoms with E-state index in [4.69, 9.17) is 4.52 Å². The molecule has 0 aliphatic rings. The highest BCUT2D eigenvalue weighted by Crippen LogP contribution is 2.14. The van der Waals surface area contributed by atoms with Gasteiger partial charge in [-0.15, -0.1) is 0 Å². The Morgan fingerprint density at radius 3 is 2.76 bits per heavy atom. The van der Waals surface area contributed by atoms with Crippen molar-refractivity contribution < 1.29 is 4.52 Å². The first-order chi connectivity index (χ1) is 7.96. The third-order valence-electron chi connectivity index (χ3n) is 2.28. The van der Waals surface area contributed by atoms with Crippen molar-refractivity contribution in [2.75, 3.05) is 0 Å². The maximum atomic E-state index is 5.17. The summed E-state index contributed by atoms with van der Waals surface area (Å²) in [6.45, 7) is 6.83. The van der Waals surface area contributed by atoms with Gasteiger partial charge in [-0.3, -0.25) is 0 Å². The van der Waals surface area contributed by atoms with Crippen LogP contribution >= 0.6 is 0 Å². The molecule has 0 aliphatic heterocycles. The van der Waals surface area contributed by atoms with Crippen LogP contribution in [0.15, 0.2) is 17.0 Å². The standard InChI is InChI=1S/C11H17N5O/c1-11(2,3)13-6-9-14-10(15-17-9)8-5-12-7-16(8)4/h5,7,13H,6H2,1-4H3. The van der Waals surface area contributed by atoms with Crippen LogP contribution in [0.2, 0.25) is 0 Å². The highest BCUT2D eigenvalue weighted by molar-refractivity contribution is 5.46. The summed E-state index contributed by atoms with van der Waals surface area (Å²) >= 11 is 0. The van der Waals surface area contributed by atoms with Crippen molar-refractivity contribution in [3.05, 3.63) is 18.4 Å². The topological polar surface area (TPSA) is 68.8 Å². The van der Waals surface area contributed by atoms with Crippen LogP contribution in [0.4, 0.5) is 0 Å². The van der Waals surface area contributed by atoms with Crippen molar-refractivity contribution in [1.29, 1.82) is 0 Å². The fraction of sp³-hybridized carbons (Fsp3) is 0.545. The summed E-state index contributed by atoms with van der Waals surface area (Å²) in [6.07, 6.45) is 3.42. The monoisotopic (exact) mass is 235 g/mol. The van der Waals surface area contributed by atoms with Gasteiger partial charge in [0.1, 0.15) is 5.69 Å². The molecule has 92 valence electrons. The lowest BCUT2D eigenvalue weighted by atomic mass is 10.1. The number of nitrogens with zero attached hydrogens (tertiary/aromatic N) is 4. The van der Waals surface area contributed by atoms with Crippen LogP contribution in [0, 0.1) is 0 Å². The van der Waals surface area contributed by atoms with Gasteiger partial charge < -0.3 is 14.4 Å². The molecule has 0 unspecified atom stereocenters. The second kappa shape index (κ2) is 4.29. The Morgan fingerprint density at radius 1 is 1.41 bits per heavy atom. The summed E-state index contributed by atoms with van der Waals surface area (Å²) in [5.41, 5.74) is 0.872. The van der Waals surface area contributed by atoms with E-state index in [-0.39, 0.29) is 5.54 Å². The molecule has 0 spiro atoms. The largest absolute Gasteiger partial charge is 0.337 e. The third kappa shape index (κ3) is 2.91. The molecule has 0 saturated carbocycles. The molecular weight excluding hydrogens is 218 g/mol. The summed E-state index contributed by atoms with van der Waals surface area (Å²) in [6, 6.07) is 0. The maximum Gasteiger partial charge on any atom is 0.240 e. The first-order valence-corrected chi connectivity index (χ1v) is 5.50. The van der Waals surface area contributed by atoms with Gasteiger partial charge in [-0.25, -0.2) is 4.98 Å². The first-order valence-electron chi connectivity index (χ1n) is 5.50. The highest BCUT2D eigenvalue weighted by atomic mass is 16.5. The van der Waals surface area contributed by atoms with Crippen LogP contribution in [-0.2, 0) is 13.6 Å². The molecule has 2 aromatic rings. The van der Waals surface area contributed by atoms with Gasteiger partial charge in [-0.2, -0.15) is 4.98 Å². The van der Waals surface area contributed by atoms with Gasteiger partial charge in [0.05, 0.1) is 19.1 Å². The van der Waals surface area contributed by atoms with Gasteiger partial charge in [-0.1, -0.05) is 5.16 Å². The van der Waals surface area contributed by atoms with Crippen LogP contribution in [0.5, 0.6) is 0 Å². The number of nitrogens with one attached hydrogen (secondary N) is 1. The van der Waals surface area contributed by atoms with E-state index < -0.39 is 0 Å². The van der Waals surface area contributed by atoms with E-state index in [1.807, 2.05) is 11.6 Å². The minimum absolute atomic E-state index is 0.0289. The van der Waals surface area contributed by atoms with Crippen LogP contribution in [0.1, 0.15) is 26.7 Å². The van der Waals surface area contributed by atoms with Crippen molar-refractivity contribution in [3.63, 3.8) is 0 Å². The lowest BCUT2D eigenvalue weighted by Gasteiger charge is -2.18. The second-order valence-corrected chi connectivity index (χ2v) is 5.01.